The molecule has 0 aliphatic carbocycles. The van der Waals surface area contributed by atoms with Gasteiger partial charge in [-0.05, 0) is 61.4 Å². The van der Waals surface area contributed by atoms with Gasteiger partial charge in [0.1, 0.15) is 0 Å². The maximum Gasteiger partial charge on any atom is 0.202 e. The normalized spacial score (nSPS) is 9.72. The Hall–Kier alpha value is -2.92. The van der Waals surface area contributed by atoms with E-state index in [2.05, 4.69) is 10.6 Å². The van der Waals surface area contributed by atoms with Gasteiger partial charge in [0, 0.05) is 34.5 Å². The van der Waals surface area contributed by atoms with Gasteiger partial charge in [-0.25, -0.2) is 0 Å². The Labute approximate surface area is 233 Å². The van der Waals surface area contributed by atoms with Gasteiger partial charge in [-0.3, -0.25) is 32.3 Å². The highest BCUT2D eigenvalue weighted by Crippen LogP contribution is 2.20. The zero-order valence-electron chi connectivity index (χ0n) is 19.5. The minimum absolute atomic E-state index is 0. The van der Waals surface area contributed by atoms with Gasteiger partial charge in [0.25, 0.3) is 0 Å². The predicted molar refractivity (Wildman–Crippen MR) is 156 cm³/mol. The van der Waals surface area contributed by atoms with Gasteiger partial charge < -0.3 is 21.3 Å². The molecule has 14 heteroatoms. The molecule has 0 saturated carbocycles. The van der Waals surface area contributed by atoms with E-state index < -0.39 is 0 Å². The summed E-state index contributed by atoms with van der Waals surface area (Å²) in [5.41, 5.74) is 12.3. The van der Waals surface area contributed by atoms with Crippen molar-refractivity contribution in [3.05, 3.63) is 58.6 Å². The van der Waals surface area contributed by atoms with Crippen molar-refractivity contribution in [3.63, 3.8) is 0 Å². The van der Waals surface area contributed by atoms with Crippen LogP contribution in [-0.2, 0) is 0 Å². The number of unbranched alkanes of at least 4 members (excludes halogenated alkanes) is 3. The summed E-state index contributed by atoms with van der Waals surface area (Å²) in [5.74, 6) is -0.555. The van der Waals surface area contributed by atoms with Crippen LogP contribution in [0.5, 0.6) is 0 Å². The van der Waals surface area contributed by atoms with Crippen molar-refractivity contribution < 1.29 is 0 Å². The number of anilines is 2. The third-order valence-corrected chi connectivity index (χ3v) is 5.34. The zero-order chi connectivity index (χ0) is 25.1. The van der Waals surface area contributed by atoms with Gasteiger partial charge in [-0.2, -0.15) is 0 Å². The topological polar surface area (TPSA) is 178 Å². The Balaban J connectivity index is 0.00000612. The summed E-state index contributed by atoms with van der Waals surface area (Å²) in [7, 11) is 0. The Kier molecular flexibility index (Phi) is 15.3. The van der Waals surface area contributed by atoms with Crippen molar-refractivity contribution in [2.24, 2.45) is 11.5 Å². The maximum absolute atomic E-state index is 8.24. The summed E-state index contributed by atoms with van der Waals surface area (Å²) in [6, 6.07) is 14.3. The van der Waals surface area contributed by atoms with Gasteiger partial charge in [-0.1, -0.05) is 36.0 Å². The van der Waals surface area contributed by atoms with Crippen LogP contribution in [0.4, 0.5) is 11.4 Å². The van der Waals surface area contributed by atoms with Gasteiger partial charge >= 0.3 is 0 Å². The molecule has 0 atom stereocenters. The van der Waals surface area contributed by atoms with E-state index in [0.717, 1.165) is 37.1 Å². The summed E-state index contributed by atoms with van der Waals surface area (Å²) in [5, 5.41) is 37.6. The average molecular weight is 578 g/mol. The van der Waals surface area contributed by atoms with Crippen LogP contribution < -0.4 is 31.9 Å². The number of guanidine groups is 4. The molecular weight excluding hydrogens is 546 g/mol. The van der Waals surface area contributed by atoms with Crippen molar-refractivity contribution in [1.82, 2.24) is 10.6 Å². The first-order chi connectivity index (χ1) is 16.2. The third kappa shape index (κ3) is 11.2. The Morgan fingerprint density at radius 1 is 0.611 bits per heavy atom. The van der Waals surface area contributed by atoms with Crippen LogP contribution in [-0.4, -0.2) is 36.9 Å². The quantitative estimate of drug-likeness (QED) is 0.123. The van der Waals surface area contributed by atoms with Crippen LogP contribution in [0.25, 0.3) is 0 Å². The Morgan fingerprint density at radius 2 is 0.917 bits per heavy atom. The van der Waals surface area contributed by atoms with E-state index in [0.29, 0.717) is 23.1 Å². The first kappa shape index (κ1) is 33.1. The van der Waals surface area contributed by atoms with Crippen molar-refractivity contribution in [1.29, 1.82) is 21.6 Å². The molecule has 0 aliphatic heterocycles. The van der Waals surface area contributed by atoms with Gasteiger partial charge in [0.15, 0.2) is 11.9 Å². The van der Waals surface area contributed by atoms with Crippen LogP contribution >= 0.6 is 48.0 Å². The minimum atomic E-state index is -0.298. The molecule has 10 nitrogen and oxygen atoms in total. The summed E-state index contributed by atoms with van der Waals surface area (Å²) in [6.45, 7) is 1.12. The van der Waals surface area contributed by atoms with E-state index in [-0.39, 0.29) is 48.7 Å². The van der Waals surface area contributed by atoms with E-state index in [9.17, 15) is 0 Å². The van der Waals surface area contributed by atoms with Crippen LogP contribution in [0.3, 0.4) is 0 Å². The van der Waals surface area contributed by atoms with Gasteiger partial charge in [-0.15, -0.1) is 24.8 Å². The fourth-order valence-corrected chi connectivity index (χ4v) is 3.52. The van der Waals surface area contributed by atoms with E-state index >= 15 is 0 Å². The number of nitrogens with two attached hydrogens (primary N) is 2. The lowest BCUT2D eigenvalue weighted by Gasteiger charge is -2.26. The predicted octanol–water partition coefficient (Wildman–Crippen LogP) is 4.55. The molecule has 0 spiro atoms. The minimum Gasteiger partial charge on any atom is -0.370 e. The van der Waals surface area contributed by atoms with Crippen LogP contribution in [0.1, 0.15) is 25.7 Å². The second-order valence-electron chi connectivity index (χ2n) is 7.44. The first-order valence-corrected chi connectivity index (χ1v) is 11.4. The van der Waals surface area contributed by atoms with Crippen molar-refractivity contribution in [2.75, 3.05) is 22.9 Å². The highest BCUT2D eigenvalue weighted by molar-refractivity contribution is 6.31. The molecule has 2 rings (SSSR count). The maximum atomic E-state index is 8.24. The van der Waals surface area contributed by atoms with E-state index in [1.54, 1.807) is 34.1 Å². The number of nitrogens with zero attached hydrogens (tertiary/aromatic N) is 2. The highest BCUT2D eigenvalue weighted by Gasteiger charge is 2.14. The summed E-state index contributed by atoms with van der Waals surface area (Å²) >= 11 is 12.0. The highest BCUT2D eigenvalue weighted by atomic mass is 35.5. The molecule has 10 N–H and O–H groups in total. The molecule has 0 bridgehead atoms. The second-order valence-corrected chi connectivity index (χ2v) is 8.32. The Bertz CT molecular complexity index is 917. The number of hydrogen-bond acceptors (Lipinski definition) is 4. The number of benzene rings is 2. The molecule has 2 aromatic rings. The molecular formula is C22H32Cl4N10. The molecule has 0 amide bonds. The number of rotatable bonds is 9. The molecule has 2 aromatic carbocycles. The van der Waals surface area contributed by atoms with Gasteiger partial charge in [0.05, 0.1) is 0 Å². The summed E-state index contributed by atoms with van der Waals surface area (Å²) in [4.78, 5) is 3.48. The average Bonchev–Trinajstić information content (AvgIpc) is 2.76. The van der Waals surface area contributed by atoms with Crippen LogP contribution in [0, 0.1) is 21.6 Å². The number of hydrogen-bond donors (Lipinski definition) is 8. The number of nitrogens with one attached hydrogen (secondary N) is 6. The van der Waals surface area contributed by atoms with E-state index in [4.69, 9.17) is 56.3 Å². The molecule has 198 valence electrons. The fraction of sp³-hybridized carbons (Fsp3) is 0.273. The molecule has 0 radical (unpaired) electrons. The van der Waals surface area contributed by atoms with E-state index in [1.165, 1.54) is 0 Å². The van der Waals surface area contributed by atoms with E-state index in [1.807, 2.05) is 24.3 Å². The smallest absolute Gasteiger partial charge is 0.202 e. The second kappa shape index (κ2) is 16.7. The first-order valence-electron chi connectivity index (χ1n) is 10.6. The molecule has 0 unspecified atom stereocenters. The van der Waals surface area contributed by atoms with Crippen molar-refractivity contribution >= 4 is 83.2 Å². The van der Waals surface area contributed by atoms with Crippen molar-refractivity contribution in [2.45, 2.75) is 25.7 Å². The zero-order valence-corrected chi connectivity index (χ0v) is 22.6. The van der Waals surface area contributed by atoms with Crippen LogP contribution in [0.2, 0.25) is 10.0 Å². The molecule has 0 fully saturated rings. The standard InChI is InChI=1S/C22H30Cl2N10.2ClH/c23-15-5-9-17(10-6-15)33(21(29)31-19(25)26)13-3-1-2-4-14-34(22(30)32-20(27)28)18-11-7-16(24)8-12-18;;/h5-12H,1-4,13-14H2,(H5,25,26,29,31)(H5,27,28,30,32);2*1H. The van der Waals surface area contributed by atoms with Crippen LogP contribution in [0.15, 0.2) is 48.5 Å². The lowest BCUT2D eigenvalue weighted by Crippen LogP contribution is -2.46. The molecule has 0 heterocycles. The number of halogens is 4. The third-order valence-electron chi connectivity index (χ3n) is 4.84. The summed E-state index contributed by atoms with van der Waals surface area (Å²) in [6.07, 6.45) is 3.38. The summed E-state index contributed by atoms with van der Waals surface area (Å²) < 4.78 is 0. The molecule has 36 heavy (non-hydrogen) atoms. The Morgan fingerprint density at radius 3 is 1.19 bits per heavy atom. The lowest BCUT2D eigenvalue weighted by molar-refractivity contribution is 0.646. The largest absolute Gasteiger partial charge is 0.370 e. The monoisotopic (exact) mass is 576 g/mol. The SMILES string of the molecule is Cl.Cl.N=C(N)NC(=N)N(CCCCCCN(C(=N)NC(=N)N)c1ccc(Cl)cc1)c1ccc(Cl)cc1. The van der Waals surface area contributed by atoms with Gasteiger partial charge in [0.2, 0.25) is 11.9 Å². The van der Waals surface area contributed by atoms with Crippen molar-refractivity contribution in [3.8, 4) is 0 Å². The lowest BCUT2D eigenvalue weighted by atomic mass is 10.1. The fourth-order valence-electron chi connectivity index (χ4n) is 3.27. The molecule has 0 saturated heterocycles. The molecule has 0 aromatic heterocycles. The molecule has 0 aliphatic rings.